The molecule has 9 nitrogen and oxygen atoms in total. The molecule has 0 saturated carbocycles. The number of benzene rings is 1. The Morgan fingerprint density at radius 3 is 2.43 bits per heavy atom. The van der Waals surface area contributed by atoms with Gasteiger partial charge in [0, 0.05) is 12.6 Å². The lowest BCUT2D eigenvalue weighted by molar-refractivity contribution is -0.385. The fourth-order valence-electron chi connectivity index (χ4n) is 1.30. The van der Waals surface area contributed by atoms with Gasteiger partial charge in [0.15, 0.2) is 0 Å². The Hall–Kier alpha value is -0.890. The molecule has 0 heterocycles. The molecule has 0 aliphatic carbocycles. The fourth-order valence-corrected chi connectivity index (χ4v) is 7.97. The van der Waals surface area contributed by atoms with Gasteiger partial charge in [0.05, 0.1) is 15.9 Å². The van der Waals surface area contributed by atoms with Crippen molar-refractivity contribution in [2.45, 2.75) is 27.2 Å². The quantitative estimate of drug-likeness (QED) is 0.344. The summed E-state index contributed by atoms with van der Waals surface area (Å²) in [6, 6.07) is 5.30. The molecule has 23 heavy (non-hydrogen) atoms. The lowest BCUT2D eigenvalue weighted by Gasteiger charge is -2.19. The largest absolute Gasteiger partial charge is 0.418 e. The van der Waals surface area contributed by atoms with E-state index in [-0.39, 0.29) is 23.3 Å². The highest BCUT2D eigenvalue weighted by atomic mass is 33.1. The van der Waals surface area contributed by atoms with Crippen molar-refractivity contribution in [3.63, 3.8) is 0 Å². The number of nitrogens with zero attached hydrogens (tertiary/aromatic N) is 1. The van der Waals surface area contributed by atoms with E-state index in [4.69, 9.17) is 10.0 Å². The van der Waals surface area contributed by atoms with E-state index in [0.29, 0.717) is 6.42 Å². The first kappa shape index (κ1) is 22.1. The van der Waals surface area contributed by atoms with Crippen molar-refractivity contribution in [2.75, 3.05) is 6.54 Å². The Kier molecular flexibility index (Phi) is 9.68. The Labute approximate surface area is 138 Å². The molecular weight excluding hydrogens is 364 g/mol. The van der Waals surface area contributed by atoms with Crippen molar-refractivity contribution in [1.29, 1.82) is 0 Å². The molecule has 2 atom stereocenters. The third-order valence-corrected chi connectivity index (χ3v) is 9.56. The van der Waals surface area contributed by atoms with Crippen LogP contribution in [-0.2, 0) is 9.13 Å². The summed E-state index contributed by atoms with van der Waals surface area (Å²) < 4.78 is 28.9. The SMILES string of the molecule is CC.CCCNP(=O)(Oc1ccccc1[N+](=O)[O-])SP(N)(=O)O. The van der Waals surface area contributed by atoms with Crippen LogP contribution in [-0.4, -0.2) is 16.4 Å². The zero-order chi connectivity index (χ0) is 18.1. The lowest BCUT2D eigenvalue weighted by Crippen LogP contribution is -2.14. The van der Waals surface area contributed by atoms with E-state index in [1.807, 2.05) is 13.8 Å². The Bertz CT molecular complexity index is 609. The molecule has 1 rings (SSSR count). The van der Waals surface area contributed by atoms with E-state index in [9.17, 15) is 24.1 Å². The van der Waals surface area contributed by atoms with Crippen molar-refractivity contribution in [3.05, 3.63) is 34.4 Å². The summed E-state index contributed by atoms with van der Waals surface area (Å²) in [5.41, 5.74) is 4.59. The van der Waals surface area contributed by atoms with Gasteiger partial charge < -0.3 is 9.42 Å². The van der Waals surface area contributed by atoms with E-state index < -0.39 is 24.1 Å². The number of hydrogen-bond donors (Lipinski definition) is 3. The second kappa shape index (κ2) is 10.1. The maximum absolute atomic E-state index is 12.5. The van der Waals surface area contributed by atoms with E-state index in [1.165, 1.54) is 24.3 Å². The van der Waals surface area contributed by atoms with Crippen LogP contribution in [0.1, 0.15) is 27.2 Å². The molecule has 0 spiro atoms. The number of para-hydroxylation sites is 2. The van der Waals surface area contributed by atoms with Crippen molar-refractivity contribution in [3.8, 4) is 5.75 Å². The zero-order valence-electron chi connectivity index (χ0n) is 13.0. The van der Waals surface area contributed by atoms with Gasteiger partial charge in [-0.1, -0.05) is 32.9 Å². The Balaban J connectivity index is 0.00000232. The molecule has 0 aromatic heterocycles. The summed E-state index contributed by atoms with van der Waals surface area (Å²) in [7, 11) is 0. The number of rotatable bonds is 8. The molecule has 1 aromatic rings. The van der Waals surface area contributed by atoms with Crippen LogP contribution in [0.4, 0.5) is 5.69 Å². The van der Waals surface area contributed by atoms with Crippen LogP contribution in [0.25, 0.3) is 0 Å². The molecule has 0 aliphatic heterocycles. The first-order valence-corrected chi connectivity index (χ1v) is 12.2. The van der Waals surface area contributed by atoms with Crippen molar-refractivity contribution in [2.24, 2.45) is 5.50 Å². The minimum atomic E-state index is -4.21. The predicted octanol–water partition coefficient (Wildman–Crippen LogP) is 3.90. The summed E-state index contributed by atoms with van der Waals surface area (Å²) >= 11 is 0.0479. The molecule has 0 bridgehead atoms. The van der Waals surface area contributed by atoms with Crippen LogP contribution in [0.3, 0.4) is 0 Å². The van der Waals surface area contributed by atoms with Crippen molar-refractivity contribution >= 4 is 30.1 Å². The second-order valence-electron chi connectivity index (χ2n) is 3.87. The third kappa shape index (κ3) is 8.50. The molecular formula is C11H21N3O6P2S. The first-order chi connectivity index (χ1) is 10.7. The van der Waals surface area contributed by atoms with Crippen LogP contribution < -0.4 is 15.1 Å². The van der Waals surface area contributed by atoms with Gasteiger partial charge in [-0.25, -0.2) is 9.65 Å². The molecule has 0 aliphatic rings. The van der Waals surface area contributed by atoms with Crippen LogP contribution in [0.15, 0.2) is 24.3 Å². The van der Waals surface area contributed by atoms with E-state index in [1.54, 1.807) is 6.92 Å². The summed E-state index contributed by atoms with van der Waals surface area (Å²) in [5.74, 6) is -0.268. The molecule has 1 aromatic carbocycles. The fraction of sp³-hybridized carbons (Fsp3) is 0.455. The monoisotopic (exact) mass is 385 g/mol. The highest BCUT2D eigenvalue weighted by Crippen LogP contribution is 2.70. The third-order valence-electron chi connectivity index (χ3n) is 2.06. The summed E-state index contributed by atoms with van der Waals surface area (Å²) in [5, 5.41) is 13.4. The number of nitro groups is 1. The second-order valence-corrected chi connectivity index (χ2v) is 11.6. The minimum Gasteiger partial charge on any atom is -0.418 e. The maximum Gasteiger partial charge on any atom is 0.384 e. The molecule has 132 valence electrons. The van der Waals surface area contributed by atoms with Gasteiger partial charge in [0.2, 0.25) is 5.75 Å². The van der Waals surface area contributed by atoms with E-state index in [0.717, 1.165) is 0 Å². The van der Waals surface area contributed by atoms with Gasteiger partial charge >= 0.3 is 19.1 Å². The molecule has 12 heteroatoms. The number of nitrogens with two attached hydrogens (primary N) is 1. The first-order valence-electron chi connectivity index (χ1n) is 6.78. The highest BCUT2D eigenvalue weighted by molar-refractivity contribution is 8.85. The van der Waals surface area contributed by atoms with Gasteiger partial charge in [-0.2, -0.15) is 0 Å². The molecule has 4 N–H and O–H groups in total. The van der Waals surface area contributed by atoms with Gasteiger partial charge in [-0.3, -0.25) is 20.2 Å². The zero-order valence-corrected chi connectivity index (χ0v) is 15.6. The van der Waals surface area contributed by atoms with Crippen LogP contribution >= 0.6 is 24.4 Å². The number of nitrogens with one attached hydrogen (secondary N) is 1. The van der Waals surface area contributed by atoms with Gasteiger partial charge in [-0.15, -0.1) is 0 Å². The molecule has 2 unspecified atom stereocenters. The summed E-state index contributed by atoms with van der Waals surface area (Å²) in [6.45, 7) is -2.12. The van der Waals surface area contributed by atoms with E-state index >= 15 is 0 Å². The van der Waals surface area contributed by atoms with Crippen molar-refractivity contribution < 1.29 is 23.5 Å². The van der Waals surface area contributed by atoms with Crippen LogP contribution in [0, 0.1) is 10.1 Å². The number of nitro benzene ring substituents is 1. The Morgan fingerprint density at radius 2 is 1.96 bits per heavy atom. The van der Waals surface area contributed by atoms with E-state index in [2.05, 4.69) is 5.09 Å². The van der Waals surface area contributed by atoms with Crippen LogP contribution in [0.5, 0.6) is 5.75 Å². The highest BCUT2D eigenvalue weighted by Gasteiger charge is 2.35. The molecule has 0 saturated heterocycles. The van der Waals surface area contributed by atoms with Crippen molar-refractivity contribution in [1.82, 2.24) is 5.09 Å². The van der Waals surface area contributed by atoms with Gasteiger partial charge in [0.25, 0.3) is 0 Å². The smallest absolute Gasteiger partial charge is 0.384 e. The summed E-state index contributed by atoms with van der Waals surface area (Å²) in [6.07, 6.45) is 0.574. The molecule has 0 radical (unpaired) electrons. The van der Waals surface area contributed by atoms with Gasteiger partial charge in [-0.05, 0) is 12.5 Å². The topological polar surface area (TPSA) is 145 Å². The minimum absolute atomic E-state index is 0.0479. The average Bonchev–Trinajstić information content (AvgIpc) is 2.45. The summed E-state index contributed by atoms with van der Waals surface area (Å²) in [4.78, 5) is 19.4. The standard InChI is InChI=1S/C9H15N3O6P2S.C2H6/c1-2-7-11-20(17,21-19(10,15)16)18-9-6-4-3-5-8(9)12(13)14;1-2/h3-6H,2,7H2,1H3,(H,11,17)(H3,10,15,16);1-2H3. The molecule has 0 fully saturated rings. The molecule has 0 amide bonds. The predicted molar refractivity (Wildman–Crippen MR) is 92.6 cm³/mol. The average molecular weight is 385 g/mol. The number of hydrogen-bond acceptors (Lipinski definition) is 6. The van der Waals surface area contributed by atoms with Crippen LogP contribution in [0.2, 0.25) is 0 Å². The normalized spacial score (nSPS) is 15.5. The maximum atomic E-state index is 12.5. The van der Waals surface area contributed by atoms with Gasteiger partial charge in [0.1, 0.15) is 0 Å². The lowest BCUT2D eigenvalue weighted by atomic mass is 10.3. The Morgan fingerprint density at radius 1 is 1.39 bits per heavy atom.